The van der Waals surface area contributed by atoms with E-state index in [1.165, 1.54) is 0 Å². The van der Waals surface area contributed by atoms with E-state index in [0.29, 0.717) is 6.54 Å². The van der Waals surface area contributed by atoms with Gasteiger partial charge in [-0.25, -0.2) is 0 Å². The second-order valence-corrected chi connectivity index (χ2v) is 7.20. The molecule has 1 aliphatic heterocycles. The molecule has 1 N–H and O–H groups in total. The Bertz CT molecular complexity index is 727. The molecule has 3 rings (SSSR count). The van der Waals surface area contributed by atoms with Crippen molar-refractivity contribution >= 4 is 5.91 Å². The predicted octanol–water partition coefficient (Wildman–Crippen LogP) is 3.33. The maximum Gasteiger partial charge on any atom is 0.263 e. The molecule has 1 aromatic heterocycles. The fraction of sp³-hybridized carbons (Fsp3) is 0.455. The Balaban J connectivity index is 1.76. The van der Waals surface area contributed by atoms with Gasteiger partial charge in [-0.1, -0.05) is 18.2 Å². The smallest absolute Gasteiger partial charge is 0.263 e. The van der Waals surface area contributed by atoms with Crippen molar-refractivity contribution in [1.29, 1.82) is 0 Å². The zero-order valence-electron chi connectivity index (χ0n) is 16.2. The van der Waals surface area contributed by atoms with Crippen LogP contribution in [-0.2, 0) is 11.3 Å². The van der Waals surface area contributed by atoms with Crippen LogP contribution in [0.4, 0.5) is 0 Å². The Labute approximate surface area is 161 Å². The van der Waals surface area contributed by atoms with Crippen LogP contribution in [0, 0.1) is 6.92 Å². The summed E-state index contributed by atoms with van der Waals surface area (Å²) in [5.41, 5.74) is 2.03. The topological polar surface area (TPSA) is 54.5 Å². The number of hydrogen-bond donors (Lipinski definition) is 1. The summed E-state index contributed by atoms with van der Waals surface area (Å²) in [7, 11) is 0. The third-order valence-corrected chi connectivity index (χ3v) is 4.98. The van der Waals surface area contributed by atoms with E-state index in [4.69, 9.17) is 4.74 Å². The fourth-order valence-electron chi connectivity index (χ4n) is 3.54. The Morgan fingerprint density at radius 1 is 1.26 bits per heavy atom. The van der Waals surface area contributed by atoms with E-state index in [2.05, 4.69) is 10.3 Å². The van der Waals surface area contributed by atoms with Crippen LogP contribution >= 0.6 is 0 Å². The van der Waals surface area contributed by atoms with E-state index in [-0.39, 0.29) is 11.9 Å². The fourth-order valence-corrected chi connectivity index (χ4v) is 3.54. The molecule has 1 saturated heterocycles. The standard InChI is InChI=1S/C22H29N3O2/c1-17-7-5-10-21(15-17)27-18(2)22(26)25(16-19-8-3-4-13-24-19)20-9-6-12-23-14-11-20/h3-5,7-8,10,13,15,18,20,23H,6,9,11-12,14,16H2,1-2H3. The molecular formula is C22H29N3O2. The maximum atomic E-state index is 13.3. The first-order valence-corrected chi connectivity index (χ1v) is 9.78. The normalized spacial score (nSPS) is 18.4. The minimum atomic E-state index is -0.535. The van der Waals surface area contributed by atoms with Gasteiger partial charge in [0.25, 0.3) is 5.91 Å². The lowest BCUT2D eigenvalue weighted by molar-refractivity contribution is -0.141. The highest BCUT2D eigenvalue weighted by molar-refractivity contribution is 5.81. The molecule has 144 valence electrons. The first kappa shape index (κ1) is 19.4. The molecular weight excluding hydrogens is 338 g/mol. The SMILES string of the molecule is Cc1cccc(OC(C)C(=O)N(Cc2ccccn2)C2CCCNCC2)c1. The number of pyridine rings is 1. The minimum Gasteiger partial charge on any atom is -0.481 e. The molecule has 2 aromatic rings. The third kappa shape index (κ3) is 5.54. The highest BCUT2D eigenvalue weighted by atomic mass is 16.5. The lowest BCUT2D eigenvalue weighted by atomic mass is 10.1. The van der Waals surface area contributed by atoms with Crippen LogP contribution in [0.1, 0.15) is 37.4 Å². The minimum absolute atomic E-state index is 0.0223. The van der Waals surface area contributed by atoms with E-state index < -0.39 is 6.10 Å². The van der Waals surface area contributed by atoms with Gasteiger partial charge >= 0.3 is 0 Å². The summed E-state index contributed by atoms with van der Waals surface area (Å²) in [6.07, 6.45) is 4.27. The van der Waals surface area contributed by atoms with E-state index >= 15 is 0 Å². The van der Waals surface area contributed by atoms with Crippen LogP contribution in [0.2, 0.25) is 0 Å². The van der Waals surface area contributed by atoms with Crippen molar-refractivity contribution in [1.82, 2.24) is 15.2 Å². The second kappa shape index (κ2) is 9.51. The largest absolute Gasteiger partial charge is 0.481 e. The summed E-state index contributed by atoms with van der Waals surface area (Å²) in [6.45, 7) is 6.32. The summed E-state index contributed by atoms with van der Waals surface area (Å²) in [5, 5.41) is 3.43. The van der Waals surface area contributed by atoms with E-state index in [0.717, 1.165) is 49.4 Å². The Morgan fingerprint density at radius 3 is 2.93 bits per heavy atom. The molecule has 1 aliphatic rings. The number of rotatable bonds is 6. The average Bonchev–Trinajstić information content (AvgIpc) is 2.96. The summed E-state index contributed by atoms with van der Waals surface area (Å²) in [5.74, 6) is 0.755. The van der Waals surface area contributed by atoms with Crippen molar-refractivity contribution in [2.45, 2.75) is 51.8 Å². The zero-order valence-corrected chi connectivity index (χ0v) is 16.2. The van der Waals surface area contributed by atoms with E-state index in [9.17, 15) is 4.79 Å². The van der Waals surface area contributed by atoms with Crippen LogP contribution in [0.25, 0.3) is 0 Å². The molecule has 5 nitrogen and oxygen atoms in total. The van der Waals surface area contributed by atoms with Gasteiger partial charge in [-0.3, -0.25) is 9.78 Å². The zero-order chi connectivity index (χ0) is 19.1. The van der Waals surface area contributed by atoms with Gasteiger partial charge in [0.1, 0.15) is 5.75 Å². The van der Waals surface area contributed by atoms with Crippen molar-refractivity contribution in [2.24, 2.45) is 0 Å². The number of amides is 1. The molecule has 0 spiro atoms. The summed E-state index contributed by atoms with van der Waals surface area (Å²) >= 11 is 0. The Hall–Kier alpha value is -2.40. The lowest BCUT2D eigenvalue weighted by Gasteiger charge is -2.33. The number of aromatic nitrogens is 1. The van der Waals surface area contributed by atoms with Gasteiger partial charge in [0, 0.05) is 12.2 Å². The number of hydrogen-bond acceptors (Lipinski definition) is 4. The summed E-state index contributed by atoms with van der Waals surface area (Å²) in [6, 6.07) is 13.9. The Morgan fingerprint density at radius 2 is 2.15 bits per heavy atom. The van der Waals surface area contributed by atoms with Gasteiger partial charge < -0.3 is 15.0 Å². The van der Waals surface area contributed by atoms with Crippen LogP contribution in [-0.4, -0.2) is 41.0 Å². The van der Waals surface area contributed by atoms with Gasteiger partial charge in [0.2, 0.25) is 0 Å². The number of aryl methyl sites for hydroxylation is 1. The van der Waals surface area contributed by atoms with Crippen molar-refractivity contribution < 1.29 is 9.53 Å². The second-order valence-electron chi connectivity index (χ2n) is 7.20. The molecule has 1 amide bonds. The molecule has 2 unspecified atom stereocenters. The monoisotopic (exact) mass is 367 g/mol. The van der Waals surface area contributed by atoms with E-state index in [1.807, 2.05) is 61.2 Å². The Kier molecular flexibility index (Phi) is 6.82. The summed E-state index contributed by atoms with van der Waals surface area (Å²) < 4.78 is 5.97. The molecule has 2 heterocycles. The molecule has 1 fully saturated rings. The number of nitrogens with zero attached hydrogens (tertiary/aromatic N) is 2. The lowest BCUT2D eigenvalue weighted by Crippen LogP contribution is -2.46. The van der Waals surface area contributed by atoms with Crippen LogP contribution in [0.3, 0.4) is 0 Å². The van der Waals surface area contributed by atoms with Crippen molar-refractivity contribution in [2.75, 3.05) is 13.1 Å². The van der Waals surface area contributed by atoms with Crippen LogP contribution in [0.5, 0.6) is 5.75 Å². The maximum absolute atomic E-state index is 13.3. The van der Waals surface area contributed by atoms with Crippen molar-refractivity contribution in [3.63, 3.8) is 0 Å². The molecule has 0 saturated carbocycles. The summed E-state index contributed by atoms with van der Waals surface area (Å²) in [4.78, 5) is 19.7. The van der Waals surface area contributed by atoms with Crippen LogP contribution in [0.15, 0.2) is 48.7 Å². The van der Waals surface area contributed by atoms with Crippen molar-refractivity contribution in [3.05, 3.63) is 59.9 Å². The first-order valence-electron chi connectivity index (χ1n) is 9.78. The molecule has 1 aromatic carbocycles. The van der Waals surface area contributed by atoms with Gasteiger partial charge in [0.05, 0.1) is 12.2 Å². The third-order valence-electron chi connectivity index (χ3n) is 4.98. The molecule has 0 bridgehead atoms. The van der Waals surface area contributed by atoms with Gasteiger partial charge in [0.15, 0.2) is 6.10 Å². The predicted molar refractivity (Wildman–Crippen MR) is 107 cm³/mol. The number of benzene rings is 1. The number of carbonyl (C=O) groups excluding carboxylic acids is 1. The molecule has 5 heteroatoms. The highest BCUT2D eigenvalue weighted by Crippen LogP contribution is 2.20. The number of ether oxygens (including phenoxy) is 1. The first-order chi connectivity index (χ1) is 13.1. The van der Waals surface area contributed by atoms with Crippen LogP contribution < -0.4 is 10.1 Å². The van der Waals surface area contributed by atoms with Crippen molar-refractivity contribution in [3.8, 4) is 5.75 Å². The van der Waals surface area contributed by atoms with Gasteiger partial charge in [-0.05, 0) is 76.0 Å². The molecule has 0 aliphatic carbocycles. The molecule has 27 heavy (non-hydrogen) atoms. The highest BCUT2D eigenvalue weighted by Gasteiger charge is 2.29. The molecule has 2 atom stereocenters. The number of carbonyl (C=O) groups is 1. The van der Waals surface area contributed by atoms with Gasteiger partial charge in [-0.2, -0.15) is 0 Å². The average molecular weight is 367 g/mol. The van der Waals surface area contributed by atoms with E-state index in [1.54, 1.807) is 6.20 Å². The van der Waals surface area contributed by atoms with Gasteiger partial charge in [-0.15, -0.1) is 0 Å². The quantitative estimate of drug-likeness (QED) is 0.851. The number of nitrogens with one attached hydrogen (secondary N) is 1. The molecule has 0 radical (unpaired) electrons.